The van der Waals surface area contributed by atoms with Gasteiger partial charge in [0.1, 0.15) is 0 Å². The van der Waals surface area contributed by atoms with Crippen LogP contribution >= 0.6 is 0 Å². The fourth-order valence-electron chi connectivity index (χ4n) is 6.08. The molecule has 0 aromatic carbocycles. The minimum absolute atomic E-state index is 0.170. The highest BCUT2D eigenvalue weighted by atomic mass is 16.3. The predicted molar refractivity (Wildman–Crippen MR) is 107 cm³/mol. The van der Waals surface area contributed by atoms with Gasteiger partial charge in [0.2, 0.25) is 0 Å². The van der Waals surface area contributed by atoms with E-state index >= 15 is 0 Å². The average molecular weight is 339 g/mol. The van der Waals surface area contributed by atoms with E-state index in [-0.39, 0.29) is 16.9 Å². The molecule has 0 saturated heterocycles. The Labute approximate surface area is 153 Å². The molecule has 1 nitrogen and oxygen atoms in total. The number of hydrogen-bond acceptors (Lipinski definition) is 1. The van der Waals surface area contributed by atoms with Crippen LogP contribution in [-0.2, 0) is 0 Å². The van der Waals surface area contributed by atoms with E-state index in [9.17, 15) is 5.11 Å². The maximum Gasteiger partial charge on any atom is 0.0606 e. The molecule has 0 amide bonds. The van der Waals surface area contributed by atoms with Crippen molar-refractivity contribution in [3.8, 4) is 0 Å². The van der Waals surface area contributed by atoms with Gasteiger partial charge in [-0.25, -0.2) is 0 Å². The lowest BCUT2D eigenvalue weighted by atomic mass is 9.54. The van der Waals surface area contributed by atoms with Crippen molar-refractivity contribution in [2.45, 2.75) is 108 Å². The number of aliphatic hydroxyl groups excluding tert-OH is 1. The van der Waals surface area contributed by atoms with E-state index in [4.69, 9.17) is 0 Å². The third-order valence-electron chi connectivity index (χ3n) is 6.12. The minimum atomic E-state index is -0.170. The van der Waals surface area contributed by atoms with Crippen LogP contribution in [0.5, 0.6) is 0 Å². The van der Waals surface area contributed by atoms with Crippen LogP contribution in [0.1, 0.15) is 102 Å². The largest absolute Gasteiger partial charge is 0.393 e. The fourth-order valence-corrected chi connectivity index (χ4v) is 6.08. The lowest BCUT2D eigenvalue weighted by Crippen LogP contribution is -2.50. The van der Waals surface area contributed by atoms with Gasteiger partial charge in [0.25, 0.3) is 0 Å². The molecule has 0 aromatic heterocycles. The van der Waals surface area contributed by atoms with E-state index < -0.39 is 0 Å². The second-order valence-corrected chi connectivity index (χ2v) is 12.7. The summed E-state index contributed by atoms with van der Waals surface area (Å²) in [5, 5.41) is 11.4. The molecule has 1 aliphatic carbocycles. The molecule has 24 heavy (non-hydrogen) atoms. The van der Waals surface area contributed by atoms with Gasteiger partial charge >= 0.3 is 0 Å². The molecule has 0 spiro atoms. The van der Waals surface area contributed by atoms with Gasteiger partial charge in [-0.15, -0.1) is 0 Å². The summed E-state index contributed by atoms with van der Waals surface area (Å²) in [6.07, 6.45) is 4.51. The molecule has 1 saturated carbocycles. The molecule has 0 aromatic rings. The van der Waals surface area contributed by atoms with Gasteiger partial charge in [-0.2, -0.15) is 0 Å². The first-order valence-electron chi connectivity index (χ1n) is 10.1. The van der Waals surface area contributed by atoms with Crippen molar-refractivity contribution in [1.29, 1.82) is 0 Å². The van der Waals surface area contributed by atoms with E-state index in [1.165, 1.54) is 25.7 Å². The van der Waals surface area contributed by atoms with Crippen LogP contribution in [0, 0.1) is 39.4 Å². The molecule has 0 radical (unpaired) electrons. The summed E-state index contributed by atoms with van der Waals surface area (Å²) in [5.41, 5.74) is 0.978. The molecule has 1 N–H and O–H groups in total. The molecule has 1 fully saturated rings. The van der Waals surface area contributed by atoms with Gasteiger partial charge in [-0.1, -0.05) is 76.2 Å². The Balaban J connectivity index is 3.06. The number of hydrogen-bond donors (Lipinski definition) is 1. The van der Waals surface area contributed by atoms with Crippen molar-refractivity contribution >= 4 is 0 Å². The van der Waals surface area contributed by atoms with Gasteiger partial charge in [0.15, 0.2) is 0 Å². The lowest BCUT2D eigenvalue weighted by Gasteiger charge is -2.52. The van der Waals surface area contributed by atoms with E-state index in [1.54, 1.807) is 0 Å². The third-order valence-corrected chi connectivity index (χ3v) is 6.12. The maximum absolute atomic E-state index is 11.4. The zero-order chi connectivity index (χ0) is 19.1. The molecule has 1 rings (SSSR count). The number of aliphatic hydroxyl groups is 1. The summed E-state index contributed by atoms with van der Waals surface area (Å²) >= 11 is 0. The molecular weight excluding hydrogens is 292 g/mol. The maximum atomic E-state index is 11.4. The monoisotopic (exact) mass is 338 g/mol. The SMILES string of the molecule is CC1CC(C(C)(C)CC(C)(C)C)C(O)C(C(C)(C)CC(C)(C)C)C1. The molecule has 0 bridgehead atoms. The topological polar surface area (TPSA) is 20.2 Å². The van der Waals surface area contributed by atoms with Crippen LogP contribution in [0.25, 0.3) is 0 Å². The summed E-state index contributed by atoms with van der Waals surface area (Å²) in [6, 6.07) is 0. The highest BCUT2D eigenvalue weighted by Gasteiger charge is 2.49. The zero-order valence-corrected chi connectivity index (χ0v) is 18.6. The fraction of sp³-hybridized carbons (Fsp3) is 1.00. The summed E-state index contributed by atoms with van der Waals surface area (Å²) < 4.78 is 0. The summed E-state index contributed by atoms with van der Waals surface area (Å²) in [5.74, 6) is 1.52. The smallest absolute Gasteiger partial charge is 0.0606 e. The van der Waals surface area contributed by atoms with E-state index in [1.807, 2.05) is 0 Å². The Hall–Kier alpha value is -0.0400. The number of rotatable bonds is 4. The van der Waals surface area contributed by atoms with Gasteiger partial charge in [-0.3, -0.25) is 0 Å². The molecule has 2 atom stereocenters. The molecule has 1 heteroatoms. The Morgan fingerprint density at radius 1 is 0.667 bits per heavy atom. The second kappa shape index (κ2) is 6.93. The van der Waals surface area contributed by atoms with Gasteiger partial charge in [0, 0.05) is 0 Å². The Kier molecular flexibility index (Phi) is 6.36. The van der Waals surface area contributed by atoms with Crippen LogP contribution in [-0.4, -0.2) is 11.2 Å². The van der Waals surface area contributed by atoms with E-state index in [0.29, 0.717) is 28.6 Å². The highest BCUT2D eigenvalue weighted by molar-refractivity contribution is 4.98. The van der Waals surface area contributed by atoms with Gasteiger partial charge in [0.05, 0.1) is 6.10 Å². The van der Waals surface area contributed by atoms with Crippen molar-refractivity contribution in [1.82, 2.24) is 0 Å². The summed E-state index contributed by atoms with van der Waals surface area (Å²) in [4.78, 5) is 0. The van der Waals surface area contributed by atoms with Gasteiger partial charge in [-0.05, 0) is 65.1 Å². The van der Waals surface area contributed by atoms with Crippen molar-refractivity contribution in [2.75, 3.05) is 0 Å². The van der Waals surface area contributed by atoms with E-state index in [2.05, 4.69) is 76.2 Å². The molecular formula is C23H46O. The second-order valence-electron chi connectivity index (χ2n) is 12.7. The minimum Gasteiger partial charge on any atom is -0.393 e. The molecule has 2 unspecified atom stereocenters. The van der Waals surface area contributed by atoms with E-state index in [0.717, 1.165) is 0 Å². The van der Waals surface area contributed by atoms with Crippen LogP contribution in [0.2, 0.25) is 0 Å². The van der Waals surface area contributed by atoms with Crippen molar-refractivity contribution in [2.24, 2.45) is 39.4 Å². The first kappa shape index (κ1) is 22.0. The first-order valence-corrected chi connectivity index (χ1v) is 10.1. The quantitative estimate of drug-likeness (QED) is 0.589. The van der Waals surface area contributed by atoms with Crippen molar-refractivity contribution in [3.05, 3.63) is 0 Å². The standard InChI is InChI=1S/C23H46O/c1-16-12-17(22(8,9)14-20(2,3)4)19(24)18(13-16)23(10,11)15-21(5,6)7/h16-19,24H,12-15H2,1-11H3. The zero-order valence-electron chi connectivity index (χ0n) is 18.6. The lowest BCUT2D eigenvalue weighted by molar-refractivity contribution is -0.103. The Bertz CT molecular complexity index is 367. The van der Waals surface area contributed by atoms with Crippen molar-refractivity contribution in [3.63, 3.8) is 0 Å². The van der Waals surface area contributed by atoms with Crippen LogP contribution in [0.4, 0.5) is 0 Å². The highest BCUT2D eigenvalue weighted by Crippen LogP contribution is 2.53. The summed E-state index contributed by atoms with van der Waals surface area (Å²) in [7, 11) is 0. The molecule has 1 aliphatic rings. The normalized spacial score (nSPS) is 30.5. The van der Waals surface area contributed by atoms with Crippen LogP contribution < -0.4 is 0 Å². The Morgan fingerprint density at radius 3 is 1.21 bits per heavy atom. The van der Waals surface area contributed by atoms with Crippen LogP contribution in [0.3, 0.4) is 0 Å². The van der Waals surface area contributed by atoms with Crippen molar-refractivity contribution < 1.29 is 5.11 Å². The van der Waals surface area contributed by atoms with Gasteiger partial charge < -0.3 is 5.11 Å². The molecule has 144 valence electrons. The predicted octanol–water partition coefficient (Wildman–Crippen LogP) is 6.93. The molecule has 0 heterocycles. The average Bonchev–Trinajstić information content (AvgIpc) is 2.24. The van der Waals surface area contributed by atoms with Crippen LogP contribution in [0.15, 0.2) is 0 Å². The third kappa shape index (κ3) is 6.04. The molecule has 0 aliphatic heterocycles. The Morgan fingerprint density at radius 2 is 0.958 bits per heavy atom. The summed E-state index contributed by atoms with van der Waals surface area (Å²) in [6.45, 7) is 25.9. The first-order chi connectivity index (χ1) is 10.4.